The zero-order valence-corrected chi connectivity index (χ0v) is 21.1. The maximum absolute atomic E-state index is 13.1. The molecule has 178 valence electrons. The summed E-state index contributed by atoms with van der Waals surface area (Å²) in [6.45, 7) is 12.7. The van der Waals surface area contributed by atoms with Crippen LogP contribution < -0.4 is 5.32 Å². The van der Waals surface area contributed by atoms with Gasteiger partial charge in [0, 0.05) is 42.2 Å². The lowest BCUT2D eigenvalue weighted by molar-refractivity contribution is -0.121. The van der Waals surface area contributed by atoms with Gasteiger partial charge in [0.15, 0.2) is 0 Å². The van der Waals surface area contributed by atoms with Crippen molar-refractivity contribution in [2.24, 2.45) is 17.8 Å². The van der Waals surface area contributed by atoms with Crippen LogP contribution in [0.2, 0.25) is 0 Å². The first kappa shape index (κ1) is 23.9. The molecule has 1 N–H and O–H groups in total. The highest BCUT2D eigenvalue weighted by atomic mass is 32.1. The van der Waals surface area contributed by atoms with Crippen LogP contribution in [0.3, 0.4) is 0 Å². The van der Waals surface area contributed by atoms with Crippen LogP contribution in [-0.4, -0.2) is 52.8 Å². The molecule has 2 saturated heterocycles. The van der Waals surface area contributed by atoms with E-state index in [-0.39, 0.29) is 17.7 Å². The predicted molar refractivity (Wildman–Crippen MR) is 134 cm³/mol. The molecule has 1 aromatic heterocycles. The molecule has 0 aliphatic carbocycles. The first-order valence-corrected chi connectivity index (χ1v) is 13.0. The van der Waals surface area contributed by atoms with Crippen molar-refractivity contribution in [2.75, 3.05) is 31.5 Å². The fourth-order valence-electron chi connectivity index (χ4n) is 5.20. The lowest BCUT2D eigenvalue weighted by Gasteiger charge is -2.35. The predicted octanol–water partition coefficient (Wildman–Crippen LogP) is 4.73. The zero-order valence-electron chi connectivity index (χ0n) is 20.3. The van der Waals surface area contributed by atoms with Crippen LogP contribution in [-0.2, 0) is 11.3 Å². The Morgan fingerprint density at radius 1 is 1.12 bits per heavy atom. The Morgan fingerprint density at radius 2 is 1.82 bits per heavy atom. The maximum atomic E-state index is 13.1. The molecule has 2 aromatic rings. The summed E-state index contributed by atoms with van der Waals surface area (Å²) in [5.74, 6) is 1.17. The second-order valence-corrected chi connectivity index (χ2v) is 11.1. The van der Waals surface area contributed by atoms with Gasteiger partial charge in [-0.2, -0.15) is 0 Å². The molecule has 2 unspecified atom stereocenters. The number of anilines is 1. The first-order chi connectivity index (χ1) is 15.8. The number of aromatic nitrogens is 1. The summed E-state index contributed by atoms with van der Waals surface area (Å²) in [5, 5.41) is 6.34. The van der Waals surface area contributed by atoms with Crippen molar-refractivity contribution >= 4 is 28.8 Å². The smallest absolute Gasteiger partial charge is 0.253 e. The van der Waals surface area contributed by atoms with E-state index >= 15 is 0 Å². The van der Waals surface area contributed by atoms with Crippen molar-refractivity contribution in [1.82, 2.24) is 14.8 Å². The zero-order chi connectivity index (χ0) is 23.5. The third-order valence-electron chi connectivity index (χ3n) is 6.91. The maximum Gasteiger partial charge on any atom is 0.253 e. The minimum atomic E-state index is 0.000899. The van der Waals surface area contributed by atoms with Crippen LogP contribution in [0.1, 0.15) is 59.7 Å². The van der Waals surface area contributed by atoms with E-state index < -0.39 is 0 Å². The summed E-state index contributed by atoms with van der Waals surface area (Å²) >= 11 is 1.68. The number of piperidine rings is 2. The van der Waals surface area contributed by atoms with Gasteiger partial charge < -0.3 is 10.2 Å². The van der Waals surface area contributed by atoms with E-state index in [2.05, 4.69) is 34.4 Å². The van der Waals surface area contributed by atoms with Gasteiger partial charge in [0.1, 0.15) is 0 Å². The number of likely N-dealkylation sites (tertiary alicyclic amines) is 2. The standard InChI is InChI=1S/C26H36N4O2S/c1-17-11-18(2)14-30(13-17)26(32)22-6-5-19(3)24(12-22)28-25(31)21-7-9-29(10-8-21)15-23-16-33-20(4)27-23/h5-6,12,16-18,21H,7-11,13-15H2,1-4H3,(H,28,31). The van der Waals surface area contributed by atoms with Gasteiger partial charge in [-0.25, -0.2) is 4.98 Å². The second-order valence-electron chi connectivity index (χ2n) is 10.1. The molecule has 2 atom stereocenters. The van der Waals surface area contributed by atoms with E-state index in [9.17, 15) is 9.59 Å². The molecular formula is C26H36N4O2S. The summed E-state index contributed by atoms with van der Waals surface area (Å²) in [6, 6.07) is 5.69. The summed E-state index contributed by atoms with van der Waals surface area (Å²) in [6.07, 6.45) is 2.85. The van der Waals surface area contributed by atoms with Crippen molar-refractivity contribution in [2.45, 2.75) is 53.5 Å². The SMILES string of the molecule is Cc1nc(CN2CCC(C(=O)Nc3cc(C(=O)N4CC(C)CC(C)C4)ccc3C)CC2)cs1. The molecule has 2 aliphatic heterocycles. The van der Waals surface area contributed by atoms with Gasteiger partial charge in [0.2, 0.25) is 5.91 Å². The van der Waals surface area contributed by atoms with Gasteiger partial charge in [0.25, 0.3) is 5.91 Å². The van der Waals surface area contributed by atoms with Crippen LogP contribution >= 0.6 is 11.3 Å². The van der Waals surface area contributed by atoms with Gasteiger partial charge in [0.05, 0.1) is 10.7 Å². The van der Waals surface area contributed by atoms with Crippen LogP contribution in [0.5, 0.6) is 0 Å². The van der Waals surface area contributed by atoms with Gasteiger partial charge in [-0.05, 0) is 75.7 Å². The van der Waals surface area contributed by atoms with Crippen LogP contribution in [0.4, 0.5) is 5.69 Å². The van der Waals surface area contributed by atoms with E-state index in [4.69, 9.17) is 0 Å². The molecule has 2 fully saturated rings. The fraction of sp³-hybridized carbons (Fsp3) is 0.577. The van der Waals surface area contributed by atoms with E-state index in [0.29, 0.717) is 17.4 Å². The molecule has 2 amide bonds. The van der Waals surface area contributed by atoms with Crippen LogP contribution in [0.15, 0.2) is 23.6 Å². The number of amides is 2. The Labute approximate surface area is 201 Å². The average Bonchev–Trinajstić information content (AvgIpc) is 3.19. The number of hydrogen-bond acceptors (Lipinski definition) is 5. The molecule has 0 bridgehead atoms. The summed E-state index contributed by atoms with van der Waals surface area (Å²) < 4.78 is 0. The summed E-state index contributed by atoms with van der Waals surface area (Å²) in [4.78, 5) is 35.1. The van der Waals surface area contributed by atoms with Crippen LogP contribution in [0, 0.1) is 31.6 Å². The number of carbonyl (C=O) groups is 2. The quantitative estimate of drug-likeness (QED) is 0.689. The third kappa shape index (κ3) is 6.01. The highest BCUT2D eigenvalue weighted by molar-refractivity contribution is 7.09. The Kier molecular flexibility index (Phi) is 7.49. The normalized spacial score (nSPS) is 22.4. The molecule has 4 rings (SSSR count). The average molecular weight is 469 g/mol. The number of rotatable bonds is 5. The lowest BCUT2D eigenvalue weighted by atomic mass is 9.91. The molecule has 1 aromatic carbocycles. The second kappa shape index (κ2) is 10.3. The number of aryl methyl sites for hydroxylation is 2. The van der Waals surface area contributed by atoms with E-state index in [0.717, 1.165) is 67.5 Å². The number of carbonyl (C=O) groups excluding carboxylic acids is 2. The van der Waals surface area contributed by atoms with E-state index in [1.165, 1.54) is 6.42 Å². The number of benzene rings is 1. The summed E-state index contributed by atoms with van der Waals surface area (Å²) in [5.41, 5.74) is 3.52. The Hall–Kier alpha value is -2.25. The molecule has 0 spiro atoms. The molecule has 33 heavy (non-hydrogen) atoms. The fourth-order valence-corrected chi connectivity index (χ4v) is 5.80. The molecule has 7 heteroatoms. The topological polar surface area (TPSA) is 65.5 Å². The first-order valence-electron chi connectivity index (χ1n) is 12.1. The lowest BCUT2D eigenvalue weighted by Crippen LogP contribution is -2.42. The Balaban J connectivity index is 1.35. The highest BCUT2D eigenvalue weighted by Crippen LogP contribution is 2.26. The minimum absolute atomic E-state index is 0.000899. The Bertz CT molecular complexity index is 986. The van der Waals surface area contributed by atoms with E-state index in [1.54, 1.807) is 11.3 Å². The molecule has 0 radical (unpaired) electrons. The number of thiazole rings is 1. The van der Waals surface area contributed by atoms with Gasteiger partial charge >= 0.3 is 0 Å². The third-order valence-corrected chi connectivity index (χ3v) is 7.73. The van der Waals surface area contributed by atoms with E-state index in [1.807, 2.05) is 36.9 Å². The number of nitrogens with zero attached hydrogens (tertiary/aromatic N) is 3. The van der Waals surface area contributed by atoms with Crippen molar-refractivity contribution in [3.63, 3.8) is 0 Å². The van der Waals surface area contributed by atoms with Crippen molar-refractivity contribution in [3.05, 3.63) is 45.4 Å². The van der Waals surface area contributed by atoms with Gasteiger partial charge in [-0.1, -0.05) is 19.9 Å². The largest absolute Gasteiger partial charge is 0.338 e. The molecule has 6 nitrogen and oxygen atoms in total. The molecule has 0 saturated carbocycles. The molecule has 3 heterocycles. The minimum Gasteiger partial charge on any atom is -0.338 e. The van der Waals surface area contributed by atoms with Crippen molar-refractivity contribution < 1.29 is 9.59 Å². The van der Waals surface area contributed by atoms with Crippen LogP contribution in [0.25, 0.3) is 0 Å². The highest BCUT2D eigenvalue weighted by Gasteiger charge is 2.28. The monoisotopic (exact) mass is 468 g/mol. The summed E-state index contributed by atoms with van der Waals surface area (Å²) in [7, 11) is 0. The van der Waals surface area contributed by atoms with Gasteiger partial charge in [-0.15, -0.1) is 11.3 Å². The number of hydrogen-bond donors (Lipinski definition) is 1. The van der Waals surface area contributed by atoms with Gasteiger partial charge in [-0.3, -0.25) is 14.5 Å². The van der Waals surface area contributed by atoms with Crippen molar-refractivity contribution in [3.8, 4) is 0 Å². The van der Waals surface area contributed by atoms with Crippen molar-refractivity contribution in [1.29, 1.82) is 0 Å². The Morgan fingerprint density at radius 3 is 2.45 bits per heavy atom. The molecular weight excluding hydrogens is 432 g/mol. The molecule has 2 aliphatic rings. The number of nitrogens with one attached hydrogen (secondary N) is 1.